The van der Waals surface area contributed by atoms with Crippen LogP contribution in [0, 0.1) is 0 Å². The number of benzene rings is 2. The molecule has 0 radical (unpaired) electrons. The molecule has 0 amide bonds. The van der Waals surface area contributed by atoms with Crippen LogP contribution in [-0.4, -0.2) is 22.3 Å². The quantitative estimate of drug-likeness (QED) is 0.601. The normalized spacial score (nSPS) is 10.6. The topological polar surface area (TPSA) is 60.7 Å². The first-order valence-corrected chi connectivity index (χ1v) is 4.71. The fourth-order valence-corrected chi connectivity index (χ4v) is 1.76. The molecule has 0 saturated carbocycles. The summed E-state index contributed by atoms with van der Waals surface area (Å²) < 4.78 is 0. The summed E-state index contributed by atoms with van der Waals surface area (Å²) in [5.74, 6) is 0. The Bertz CT molecular complexity index is 482. The van der Waals surface area contributed by atoms with Crippen LogP contribution in [0.2, 0.25) is 0 Å². The molecule has 0 heterocycles. The first kappa shape index (κ1) is 10.2. The highest BCUT2D eigenvalue weighted by Crippen LogP contribution is 2.17. The van der Waals surface area contributed by atoms with Crippen LogP contribution in [0.5, 0.6) is 0 Å². The van der Waals surface area contributed by atoms with Crippen LogP contribution in [0.1, 0.15) is 5.56 Å². The van der Waals surface area contributed by atoms with E-state index in [-0.39, 0.29) is 6.61 Å². The lowest BCUT2D eigenvalue weighted by molar-refractivity contribution is 0.283. The molecule has 0 aromatic heterocycles. The van der Waals surface area contributed by atoms with Crippen LogP contribution in [-0.2, 0) is 6.61 Å². The van der Waals surface area contributed by atoms with Crippen LogP contribution in [0.15, 0.2) is 36.4 Å². The van der Waals surface area contributed by atoms with E-state index in [0.717, 1.165) is 16.3 Å². The SMILES string of the molecule is OCc1cccc2c(B(O)O)cccc12. The molecule has 0 fully saturated rings. The van der Waals surface area contributed by atoms with Gasteiger partial charge in [-0.05, 0) is 21.8 Å². The van der Waals surface area contributed by atoms with E-state index in [1.807, 2.05) is 18.2 Å². The van der Waals surface area contributed by atoms with Gasteiger partial charge in [-0.3, -0.25) is 0 Å². The molecule has 0 saturated heterocycles. The fourth-order valence-electron chi connectivity index (χ4n) is 1.76. The van der Waals surface area contributed by atoms with Gasteiger partial charge in [0.25, 0.3) is 0 Å². The van der Waals surface area contributed by atoms with Crippen molar-refractivity contribution >= 4 is 23.4 Å². The Morgan fingerprint density at radius 2 is 1.60 bits per heavy atom. The largest absolute Gasteiger partial charge is 0.489 e. The Labute approximate surface area is 87.8 Å². The molecule has 0 unspecified atom stereocenters. The zero-order chi connectivity index (χ0) is 10.8. The molecule has 2 rings (SSSR count). The van der Waals surface area contributed by atoms with Gasteiger partial charge in [0, 0.05) is 0 Å². The first-order valence-electron chi connectivity index (χ1n) is 4.71. The van der Waals surface area contributed by atoms with E-state index in [4.69, 9.17) is 5.11 Å². The van der Waals surface area contributed by atoms with Crippen molar-refractivity contribution in [2.75, 3.05) is 0 Å². The van der Waals surface area contributed by atoms with Crippen LogP contribution in [0.3, 0.4) is 0 Å². The summed E-state index contributed by atoms with van der Waals surface area (Å²) >= 11 is 0. The monoisotopic (exact) mass is 202 g/mol. The van der Waals surface area contributed by atoms with Gasteiger partial charge >= 0.3 is 7.12 Å². The second kappa shape index (κ2) is 4.02. The number of fused-ring (bicyclic) bond motifs is 1. The van der Waals surface area contributed by atoms with Crippen molar-refractivity contribution in [2.45, 2.75) is 6.61 Å². The summed E-state index contributed by atoms with van der Waals surface area (Å²) in [5, 5.41) is 29.1. The zero-order valence-electron chi connectivity index (χ0n) is 8.09. The van der Waals surface area contributed by atoms with Gasteiger partial charge in [0.05, 0.1) is 6.61 Å². The number of hydrogen-bond donors (Lipinski definition) is 3. The fraction of sp³-hybridized carbons (Fsp3) is 0.0909. The Morgan fingerprint density at radius 1 is 0.933 bits per heavy atom. The van der Waals surface area contributed by atoms with E-state index in [9.17, 15) is 10.0 Å². The molecule has 0 aliphatic carbocycles. The number of hydrogen-bond acceptors (Lipinski definition) is 3. The van der Waals surface area contributed by atoms with Gasteiger partial charge in [0.2, 0.25) is 0 Å². The molecule has 0 atom stereocenters. The smallest absolute Gasteiger partial charge is 0.423 e. The van der Waals surface area contributed by atoms with Crippen LogP contribution >= 0.6 is 0 Å². The number of aliphatic hydroxyl groups excluding tert-OH is 1. The molecule has 15 heavy (non-hydrogen) atoms. The van der Waals surface area contributed by atoms with Crippen molar-refractivity contribution in [1.82, 2.24) is 0 Å². The van der Waals surface area contributed by atoms with Gasteiger partial charge in [0.15, 0.2) is 0 Å². The third kappa shape index (κ3) is 1.75. The summed E-state index contributed by atoms with van der Waals surface area (Å²) in [5.41, 5.74) is 1.25. The van der Waals surface area contributed by atoms with Gasteiger partial charge in [-0.1, -0.05) is 36.4 Å². The minimum Gasteiger partial charge on any atom is -0.423 e. The van der Waals surface area contributed by atoms with E-state index >= 15 is 0 Å². The number of rotatable bonds is 2. The second-order valence-corrected chi connectivity index (χ2v) is 3.39. The highest BCUT2D eigenvalue weighted by molar-refractivity contribution is 6.62. The van der Waals surface area contributed by atoms with Gasteiger partial charge in [-0.2, -0.15) is 0 Å². The van der Waals surface area contributed by atoms with E-state index in [0.29, 0.717) is 5.46 Å². The Kier molecular flexibility index (Phi) is 2.73. The maximum Gasteiger partial charge on any atom is 0.489 e. The molecule has 0 bridgehead atoms. The molecule has 3 nitrogen and oxygen atoms in total. The summed E-state index contributed by atoms with van der Waals surface area (Å²) in [6.07, 6.45) is 0. The molecular weight excluding hydrogens is 191 g/mol. The van der Waals surface area contributed by atoms with Crippen LogP contribution in [0.4, 0.5) is 0 Å². The second-order valence-electron chi connectivity index (χ2n) is 3.39. The highest BCUT2D eigenvalue weighted by Gasteiger charge is 2.14. The minimum absolute atomic E-state index is 0.0533. The molecule has 0 aliphatic rings. The highest BCUT2D eigenvalue weighted by atomic mass is 16.4. The average Bonchev–Trinajstić information content (AvgIpc) is 2.27. The van der Waals surface area contributed by atoms with E-state index in [1.165, 1.54) is 0 Å². The predicted molar refractivity (Wildman–Crippen MR) is 59.7 cm³/mol. The molecule has 2 aromatic carbocycles. The van der Waals surface area contributed by atoms with Crippen molar-refractivity contribution in [2.24, 2.45) is 0 Å². The van der Waals surface area contributed by atoms with Crippen LogP contribution in [0.25, 0.3) is 10.8 Å². The number of aliphatic hydroxyl groups is 1. The molecule has 0 spiro atoms. The maximum absolute atomic E-state index is 9.18. The van der Waals surface area contributed by atoms with E-state index in [1.54, 1.807) is 18.2 Å². The Balaban J connectivity index is 2.76. The molecule has 3 N–H and O–H groups in total. The van der Waals surface area contributed by atoms with Crippen molar-refractivity contribution in [3.63, 3.8) is 0 Å². The van der Waals surface area contributed by atoms with Gasteiger partial charge in [0.1, 0.15) is 0 Å². The predicted octanol–water partition coefficient (Wildman–Crippen LogP) is 0.0119. The summed E-state index contributed by atoms with van der Waals surface area (Å²) in [7, 11) is -1.48. The summed E-state index contributed by atoms with van der Waals surface area (Å²) in [6.45, 7) is -0.0533. The standard InChI is InChI=1S/C11H11BO3/c13-7-8-3-1-5-10-9(8)4-2-6-11(10)12(14)15/h1-6,13-15H,7H2. The van der Waals surface area contributed by atoms with E-state index in [2.05, 4.69) is 0 Å². The van der Waals surface area contributed by atoms with Crippen molar-refractivity contribution in [3.05, 3.63) is 42.0 Å². The lowest BCUT2D eigenvalue weighted by atomic mass is 9.77. The molecular formula is C11H11BO3. The van der Waals surface area contributed by atoms with Gasteiger partial charge in [-0.25, -0.2) is 0 Å². The minimum atomic E-state index is -1.48. The maximum atomic E-state index is 9.18. The lowest BCUT2D eigenvalue weighted by Gasteiger charge is -2.08. The molecule has 0 aliphatic heterocycles. The van der Waals surface area contributed by atoms with Crippen LogP contribution < -0.4 is 5.46 Å². The lowest BCUT2D eigenvalue weighted by Crippen LogP contribution is -2.30. The Hall–Kier alpha value is -1.36. The first-order chi connectivity index (χ1) is 7.24. The molecule has 4 heteroatoms. The zero-order valence-corrected chi connectivity index (χ0v) is 8.09. The summed E-state index contributed by atoms with van der Waals surface area (Å²) in [4.78, 5) is 0. The van der Waals surface area contributed by atoms with Crippen molar-refractivity contribution in [1.29, 1.82) is 0 Å². The van der Waals surface area contributed by atoms with Crippen molar-refractivity contribution < 1.29 is 15.2 Å². The third-order valence-electron chi connectivity index (χ3n) is 2.49. The van der Waals surface area contributed by atoms with Gasteiger partial charge < -0.3 is 15.2 Å². The third-order valence-corrected chi connectivity index (χ3v) is 2.49. The molecule has 2 aromatic rings. The average molecular weight is 202 g/mol. The Morgan fingerprint density at radius 3 is 2.27 bits per heavy atom. The van der Waals surface area contributed by atoms with Gasteiger partial charge in [-0.15, -0.1) is 0 Å². The van der Waals surface area contributed by atoms with E-state index < -0.39 is 7.12 Å². The molecule has 76 valence electrons. The summed E-state index contributed by atoms with van der Waals surface area (Å²) in [6, 6.07) is 10.7. The van der Waals surface area contributed by atoms with Crippen molar-refractivity contribution in [3.8, 4) is 0 Å².